The Labute approximate surface area is 123 Å². The van der Waals surface area contributed by atoms with Gasteiger partial charge in [0.15, 0.2) is 6.61 Å². The van der Waals surface area contributed by atoms with Gasteiger partial charge in [0, 0.05) is 5.02 Å². The summed E-state index contributed by atoms with van der Waals surface area (Å²) in [7, 11) is 0. The van der Waals surface area contributed by atoms with Crippen LogP contribution in [0.3, 0.4) is 0 Å². The van der Waals surface area contributed by atoms with E-state index in [-0.39, 0.29) is 12.5 Å². The van der Waals surface area contributed by atoms with Gasteiger partial charge in [0.05, 0.1) is 13.1 Å². The highest BCUT2D eigenvalue weighted by Crippen LogP contribution is 2.44. The highest BCUT2D eigenvalue weighted by Gasteiger charge is 2.53. The maximum atomic E-state index is 11.9. The molecule has 1 aromatic rings. The molecule has 1 amide bonds. The van der Waals surface area contributed by atoms with Crippen molar-refractivity contribution in [3.8, 4) is 5.75 Å². The monoisotopic (exact) mass is 295 g/mol. The molecular weight excluding hydrogens is 278 g/mol. The number of aryl methyl sites for hydroxylation is 1. The maximum Gasteiger partial charge on any atom is 0.260 e. The Morgan fingerprint density at radius 3 is 2.80 bits per heavy atom. The molecule has 4 nitrogen and oxygen atoms in total. The van der Waals surface area contributed by atoms with E-state index < -0.39 is 5.60 Å². The van der Waals surface area contributed by atoms with E-state index in [0.29, 0.717) is 29.8 Å². The fourth-order valence-corrected chi connectivity index (χ4v) is 2.73. The van der Waals surface area contributed by atoms with Crippen LogP contribution in [0.15, 0.2) is 18.2 Å². The zero-order chi connectivity index (χ0) is 14.3. The molecule has 0 radical (unpaired) electrons. The molecule has 5 heteroatoms. The topological polar surface area (TPSA) is 49.8 Å². The second-order valence-electron chi connectivity index (χ2n) is 5.83. The summed E-state index contributed by atoms with van der Waals surface area (Å²) in [5.41, 5.74) is 0.288. The maximum absolute atomic E-state index is 11.9. The van der Waals surface area contributed by atoms with E-state index in [1.807, 2.05) is 13.0 Å². The number of carbonyl (C=O) groups is 1. The van der Waals surface area contributed by atoms with Gasteiger partial charge in [0.25, 0.3) is 5.91 Å². The van der Waals surface area contributed by atoms with Gasteiger partial charge in [0.2, 0.25) is 0 Å². The smallest absolute Gasteiger partial charge is 0.260 e. The number of carbonyl (C=O) groups excluding carboxylic acids is 1. The summed E-state index contributed by atoms with van der Waals surface area (Å²) in [6, 6.07) is 5.32. The lowest BCUT2D eigenvalue weighted by Gasteiger charge is -2.46. The number of ether oxygens (including phenoxy) is 1. The number of rotatable bonds is 4. The minimum absolute atomic E-state index is 0.00180. The number of hydrogen-bond acceptors (Lipinski definition) is 3. The Kier molecular flexibility index (Phi) is 3.38. The second kappa shape index (κ2) is 4.93. The molecule has 1 aliphatic heterocycles. The van der Waals surface area contributed by atoms with Gasteiger partial charge in [-0.3, -0.25) is 4.79 Å². The van der Waals surface area contributed by atoms with Crippen molar-refractivity contribution in [2.75, 3.05) is 19.7 Å². The molecule has 0 aromatic heterocycles. The van der Waals surface area contributed by atoms with Crippen molar-refractivity contribution in [1.82, 2.24) is 4.90 Å². The van der Waals surface area contributed by atoms with Gasteiger partial charge in [-0.1, -0.05) is 11.6 Å². The Morgan fingerprint density at radius 1 is 1.50 bits per heavy atom. The molecule has 3 rings (SSSR count). The molecule has 108 valence electrons. The molecule has 0 atom stereocenters. The first-order valence-electron chi connectivity index (χ1n) is 6.87. The van der Waals surface area contributed by atoms with Crippen LogP contribution in [0.1, 0.15) is 18.4 Å². The Bertz CT molecular complexity index is 536. The van der Waals surface area contributed by atoms with E-state index in [4.69, 9.17) is 16.3 Å². The third-order valence-electron chi connectivity index (χ3n) is 4.11. The van der Waals surface area contributed by atoms with Crippen LogP contribution in [-0.2, 0) is 4.79 Å². The SMILES string of the molecule is Cc1cc(OCC(=O)N2CC(O)(C3CC3)C2)ccc1Cl. The number of benzene rings is 1. The van der Waals surface area contributed by atoms with Crippen molar-refractivity contribution in [2.45, 2.75) is 25.4 Å². The lowest BCUT2D eigenvalue weighted by atomic mass is 9.89. The summed E-state index contributed by atoms with van der Waals surface area (Å²) in [6.45, 7) is 2.78. The minimum atomic E-state index is -0.632. The van der Waals surface area contributed by atoms with Crippen molar-refractivity contribution in [1.29, 1.82) is 0 Å². The van der Waals surface area contributed by atoms with Crippen LogP contribution < -0.4 is 4.74 Å². The molecule has 2 fully saturated rings. The van der Waals surface area contributed by atoms with Gasteiger partial charge >= 0.3 is 0 Å². The van der Waals surface area contributed by atoms with E-state index in [1.54, 1.807) is 17.0 Å². The summed E-state index contributed by atoms with van der Waals surface area (Å²) in [5, 5.41) is 10.9. The lowest BCUT2D eigenvalue weighted by Crippen LogP contribution is -2.65. The highest BCUT2D eigenvalue weighted by atomic mass is 35.5. The predicted octanol–water partition coefficient (Wildman–Crippen LogP) is 2.01. The molecular formula is C15H18ClNO3. The van der Waals surface area contributed by atoms with Crippen molar-refractivity contribution < 1.29 is 14.6 Å². The molecule has 1 aromatic carbocycles. The van der Waals surface area contributed by atoms with Crippen molar-refractivity contribution in [2.24, 2.45) is 5.92 Å². The van der Waals surface area contributed by atoms with E-state index in [0.717, 1.165) is 18.4 Å². The first-order chi connectivity index (χ1) is 9.48. The number of β-amino-alcohol motifs (C(OH)–C–C–N with tert-alkyl or cyclic N) is 1. The van der Waals surface area contributed by atoms with Crippen LogP contribution in [0.4, 0.5) is 0 Å². The van der Waals surface area contributed by atoms with Crippen molar-refractivity contribution in [3.05, 3.63) is 28.8 Å². The molecule has 1 saturated carbocycles. The van der Waals surface area contributed by atoms with Crippen LogP contribution in [0.25, 0.3) is 0 Å². The molecule has 0 spiro atoms. The summed E-state index contributed by atoms with van der Waals surface area (Å²) >= 11 is 5.93. The molecule has 1 heterocycles. The number of aliphatic hydroxyl groups is 1. The summed E-state index contributed by atoms with van der Waals surface area (Å²) < 4.78 is 5.47. The van der Waals surface area contributed by atoms with Crippen LogP contribution in [-0.4, -0.2) is 41.2 Å². The minimum Gasteiger partial charge on any atom is -0.484 e. The average Bonchev–Trinajstić information content (AvgIpc) is 3.20. The number of hydrogen-bond donors (Lipinski definition) is 1. The molecule has 20 heavy (non-hydrogen) atoms. The van der Waals surface area contributed by atoms with Crippen LogP contribution in [0.5, 0.6) is 5.75 Å². The molecule has 2 aliphatic rings. The summed E-state index contributed by atoms with van der Waals surface area (Å²) in [6.07, 6.45) is 2.16. The van der Waals surface area contributed by atoms with E-state index in [9.17, 15) is 9.90 Å². The zero-order valence-corrected chi connectivity index (χ0v) is 12.2. The molecule has 0 bridgehead atoms. The largest absolute Gasteiger partial charge is 0.484 e. The van der Waals surface area contributed by atoms with Gasteiger partial charge in [0.1, 0.15) is 11.4 Å². The second-order valence-corrected chi connectivity index (χ2v) is 6.23. The van der Waals surface area contributed by atoms with E-state index >= 15 is 0 Å². The van der Waals surface area contributed by atoms with Crippen LogP contribution in [0, 0.1) is 12.8 Å². The average molecular weight is 296 g/mol. The standard InChI is InChI=1S/C15H18ClNO3/c1-10-6-12(4-5-13(10)16)20-7-14(18)17-8-15(19,9-17)11-2-3-11/h4-6,11,19H,2-3,7-9H2,1H3. The van der Waals surface area contributed by atoms with Gasteiger partial charge < -0.3 is 14.7 Å². The van der Waals surface area contributed by atoms with Gasteiger partial charge in [-0.25, -0.2) is 0 Å². The van der Waals surface area contributed by atoms with Crippen LogP contribution in [0.2, 0.25) is 5.02 Å². The summed E-state index contributed by atoms with van der Waals surface area (Å²) in [4.78, 5) is 13.6. The molecule has 1 aliphatic carbocycles. The molecule has 1 N–H and O–H groups in total. The number of amides is 1. The number of likely N-dealkylation sites (tertiary alicyclic amines) is 1. The Balaban J connectivity index is 1.49. The Morgan fingerprint density at radius 2 is 2.20 bits per heavy atom. The van der Waals surface area contributed by atoms with E-state index in [1.165, 1.54) is 0 Å². The lowest BCUT2D eigenvalue weighted by molar-refractivity contribution is -0.161. The fourth-order valence-electron chi connectivity index (χ4n) is 2.61. The zero-order valence-electron chi connectivity index (χ0n) is 11.4. The third kappa shape index (κ3) is 2.63. The predicted molar refractivity (Wildman–Crippen MR) is 75.9 cm³/mol. The van der Waals surface area contributed by atoms with Crippen LogP contribution >= 0.6 is 11.6 Å². The van der Waals surface area contributed by atoms with Gasteiger partial charge in [-0.2, -0.15) is 0 Å². The van der Waals surface area contributed by atoms with E-state index in [2.05, 4.69) is 0 Å². The van der Waals surface area contributed by atoms with Crippen molar-refractivity contribution >= 4 is 17.5 Å². The first-order valence-corrected chi connectivity index (χ1v) is 7.25. The quantitative estimate of drug-likeness (QED) is 0.924. The summed E-state index contributed by atoms with van der Waals surface area (Å²) in [5.74, 6) is 0.951. The highest BCUT2D eigenvalue weighted by molar-refractivity contribution is 6.31. The third-order valence-corrected chi connectivity index (χ3v) is 4.54. The molecule has 0 unspecified atom stereocenters. The van der Waals surface area contributed by atoms with Crippen molar-refractivity contribution in [3.63, 3.8) is 0 Å². The van der Waals surface area contributed by atoms with Gasteiger partial charge in [-0.15, -0.1) is 0 Å². The fraction of sp³-hybridized carbons (Fsp3) is 0.533. The number of halogens is 1. The number of nitrogens with zero attached hydrogens (tertiary/aromatic N) is 1. The first kappa shape index (κ1) is 13.7. The normalized spacial score (nSPS) is 20.4. The Hall–Kier alpha value is -1.26. The molecule has 1 saturated heterocycles. The van der Waals surface area contributed by atoms with Gasteiger partial charge in [-0.05, 0) is 49.4 Å².